The Morgan fingerprint density at radius 2 is 1.95 bits per heavy atom. The van der Waals surface area contributed by atoms with E-state index in [4.69, 9.17) is 10.5 Å². The van der Waals surface area contributed by atoms with Crippen molar-refractivity contribution in [2.75, 3.05) is 13.1 Å². The summed E-state index contributed by atoms with van der Waals surface area (Å²) in [6.07, 6.45) is 2.35. The first kappa shape index (κ1) is 22.5. The number of aliphatic imine (C=N–C) groups is 1. The van der Waals surface area contributed by atoms with Gasteiger partial charge in [-0.15, -0.1) is 24.0 Å². The number of rotatable bonds is 7. The number of amides is 1. The van der Waals surface area contributed by atoms with Gasteiger partial charge in [0.2, 0.25) is 0 Å². The van der Waals surface area contributed by atoms with E-state index in [9.17, 15) is 4.79 Å². The van der Waals surface area contributed by atoms with Crippen molar-refractivity contribution >= 4 is 36.0 Å². The molecule has 1 unspecified atom stereocenters. The van der Waals surface area contributed by atoms with Crippen LogP contribution in [0.2, 0.25) is 0 Å². The minimum atomic E-state index is -0.454. The molecule has 1 atom stereocenters. The van der Waals surface area contributed by atoms with E-state index >= 15 is 0 Å². The van der Waals surface area contributed by atoms with Gasteiger partial charge in [-0.2, -0.15) is 0 Å². The molecule has 126 valence electrons. The fraction of sp³-hybridized carbons (Fsp3) is 0.857. The maximum atomic E-state index is 11.4. The number of hydrogen-bond donors (Lipinski definition) is 3. The van der Waals surface area contributed by atoms with Crippen LogP contribution in [0.15, 0.2) is 4.99 Å². The van der Waals surface area contributed by atoms with Crippen molar-refractivity contribution in [2.24, 2.45) is 10.7 Å². The minimum absolute atomic E-state index is 0. The number of unbranched alkanes of at least 4 members (excludes halogenated alkanes) is 1. The standard InChI is InChI=1S/C14H30N4O2.HI/c1-6-11(2)18-12(15)16-9-7-8-10-17-13(19)20-14(3,4)5;/h11H,6-10H2,1-5H3,(H,17,19)(H3,15,16,18);1H. The molecule has 0 radical (unpaired) electrons. The predicted molar refractivity (Wildman–Crippen MR) is 98.3 cm³/mol. The normalized spacial score (nSPS) is 13.1. The highest BCUT2D eigenvalue weighted by molar-refractivity contribution is 14.0. The van der Waals surface area contributed by atoms with Gasteiger partial charge in [0, 0.05) is 19.1 Å². The Labute approximate surface area is 145 Å². The van der Waals surface area contributed by atoms with Gasteiger partial charge < -0.3 is 21.1 Å². The molecule has 0 rings (SSSR count). The van der Waals surface area contributed by atoms with Gasteiger partial charge >= 0.3 is 6.09 Å². The Bertz CT molecular complexity index is 317. The average molecular weight is 414 g/mol. The van der Waals surface area contributed by atoms with E-state index in [1.54, 1.807) is 0 Å². The Balaban J connectivity index is 0. The molecule has 0 aromatic carbocycles. The highest BCUT2D eigenvalue weighted by atomic mass is 127. The average Bonchev–Trinajstić information content (AvgIpc) is 2.31. The monoisotopic (exact) mass is 414 g/mol. The van der Waals surface area contributed by atoms with Crippen LogP contribution >= 0.6 is 24.0 Å². The molecule has 0 bridgehead atoms. The molecular formula is C14H31IN4O2. The van der Waals surface area contributed by atoms with Crippen LogP contribution in [-0.4, -0.2) is 36.8 Å². The highest BCUT2D eigenvalue weighted by Gasteiger charge is 2.15. The van der Waals surface area contributed by atoms with Gasteiger partial charge in [0.25, 0.3) is 0 Å². The lowest BCUT2D eigenvalue weighted by Gasteiger charge is -2.19. The third kappa shape index (κ3) is 15.5. The van der Waals surface area contributed by atoms with Gasteiger partial charge in [0.15, 0.2) is 5.96 Å². The molecular weight excluding hydrogens is 383 g/mol. The second-order valence-electron chi connectivity index (χ2n) is 5.86. The SMILES string of the molecule is CCC(C)NC(N)=NCCCCNC(=O)OC(C)(C)C.I. The van der Waals surface area contributed by atoms with E-state index in [2.05, 4.69) is 29.5 Å². The summed E-state index contributed by atoms with van der Waals surface area (Å²) in [5.74, 6) is 0.486. The molecule has 0 aliphatic carbocycles. The molecule has 0 saturated heterocycles. The second kappa shape index (κ2) is 11.9. The smallest absolute Gasteiger partial charge is 0.407 e. The number of hydrogen-bond acceptors (Lipinski definition) is 3. The molecule has 0 fully saturated rings. The van der Waals surface area contributed by atoms with Crippen molar-refractivity contribution < 1.29 is 9.53 Å². The van der Waals surface area contributed by atoms with E-state index in [1.165, 1.54) is 0 Å². The van der Waals surface area contributed by atoms with Crippen LogP contribution in [0.3, 0.4) is 0 Å². The van der Waals surface area contributed by atoms with Crippen LogP contribution in [-0.2, 0) is 4.74 Å². The molecule has 6 nitrogen and oxygen atoms in total. The lowest BCUT2D eigenvalue weighted by Crippen LogP contribution is -2.38. The van der Waals surface area contributed by atoms with Crippen LogP contribution < -0.4 is 16.4 Å². The van der Waals surface area contributed by atoms with E-state index in [-0.39, 0.29) is 30.1 Å². The maximum Gasteiger partial charge on any atom is 0.407 e. The lowest BCUT2D eigenvalue weighted by atomic mass is 10.2. The first-order chi connectivity index (χ1) is 9.24. The molecule has 21 heavy (non-hydrogen) atoms. The number of ether oxygens (including phenoxy) is 1. The molecule has 7 heteroatoms. The topological polar surface area (TPSA) is 88.7 Å². The molecule has 0 aliphatic heterocycles. The van der Waals surface area contributed by atoms with Crippen LogP contribution in [0.25, 0.3) is 0 Å². The Hall–Kier alpha value is -0.730. The Kier molecular flexibility index (Phi) is 12.8. The summed E-state index contributed by atoms with van der Waals surface area (Å²) in [5.41, 5.74) is 5.28. The van der Waals surface area contributed by atoms with Crippen molar-refractivity contribution in [3.63, 3.8) is 0 Å². The number of nitrogens with one attached hydrogen (secondary N) is 2. The molecule has 0 aliphatic rings. The van der Waals surface area contributed by atoms with Crippen LogP contribution in [0.4, 0.5) is 4.79 Å². The highest BCUT2D eigenvalue weighted by Crippen LogP contribution is 2.06. The molecule has 0 saturated carbocycles. The molecule has 0 spiro atoms. The molecule has 1 amide bonds. The Morgan fingerprint density at radius 3 is 2.48 bits per heavy atom. The van der Waals surface area contributed by atoms with Gasteiger partial charge in [-0.3, -0.25) is 4.99 Å². The minimum Gasteiger partial charge on any atom is -0.444 e. The largest absolute Gasteiger partial charge is 0.444 e. The van der Waals surface area contributed by atoms with Crippen LogP contribution in [0.1, 0.15) is 53.9 Å². The number of carbonyl (C=O) groups is 1. The maximum absolute atomic E-state index is 11.4. The number of halogens is 1. The molecule has 0 aromatic heterocycles. The van der Waals surface area contributed by atoms with Gasteiger partial charge in [-0.1, -0.05) is 6.92 Å². The predicted octanol–water partition coefficient (Wildman–Crippen LogP) is 2.61. The van der Waals surface area contributed by atoms with Gasteiger partial charge in [-0.05, 0) is 47.0 Å². The van der Waals surface area contributed by atoms with Crippen LogP contribution in [0.5, 0.6) is 0 Å². The van der Waals surface area contributed by atoms with Crippen molar-refractivity contribution in [1.29, 1.82) is 0 Å². The van der Waals surface area contributed by atoms with Crippen molar-refractivity contribution in [3.05, 3.63) is 0 Å². The van der Waals surface area contributed by atoms with E-state index in [0.29, 0.717) is 25.1 Å². The van der Waals surface area contributed by atoms with Crippen molar-refractivity contribution in [1.82, 2.24) is 10.6 Å². The van der Waals surface area contributed by atoms with Gasteiger partial charge in [0.1, 0.15) is 5.60 Å². The third-order valence-electron chi connectivity index (χ3n) is 2.54. The number of alkyl carbamates (subject to hydrolysis) is 1. The first-order valence-corrected chi connectivity index (χ1v) is 7.28. The summed E-state index contributed by atoms with van der Waals surface area (Å²) >= 11 is 0. The number of guanidine groups is 1. The zero-order valence-corrected chi connectivity index (χ0v) is 16.2. The summed E-state index contributed by atoms with van der Waals surface area (Å²) in [7, 11) is 0. The van der Waals surface area contributed by atoms with E-state index in [1.807, 2.05) is 20.8 Å². The molecule has 0 aromatic rings. The van der Waals surface area contributed by atoms with Crippen molar-refractivity contribution in [2.45, 2.75) is 65.5 Å². The van der Waals surface area contributed by atoms with Gasteiger partial charge in [-0.25, -0.2) is 4.79 Å². The summed E-state index contributed by atoms with van der Waals surface area (Å²) in [5, 5.41) is 5.81. The summed E-state index contributed by atoms with van der Waals surface area (Å²) in [4.78, 5) is 15.6. The first-order valence-electron chi connectivity index (χ1n) is 7.28. The van der Waals surface area contributed by atoms with E-state index < -0.39 is 5.60 Å². The van der Waals surface area contributed by atoms with Crippen molar-refractivity contribution in [3.8, 4) is 0 Å². The summed E-state index contributed by atoms with van der Waals surface area (Å²) in [6.45, 7) is 10.9. The fourth-order valence-corrected chi connectivity index (χ4v) is 1.34. The Morgan fingerprint density at radius 1 is 1.33 bits per heavy atom. The fourth-order valence-electron chi connectivity index (χ4n) is 1.34. The quantitative estimate of drug-likeness (QED) is 0.259. The number of nitrogens with zero attached hydrogens (tertiary/aromatic N) is 1. The zero-order valence-electron chi connectivity index (χ0n) is 13.9. The summed E-state index contributed by atoms with van der Waals surface area (Å²) < 4.78 is 5.13. The van der Waals surface area contributed by atoms with Gasteiger partial charge in [0.05, 0.1) is 0 Å². The molecule has 4 N–H and O–H groups in total. The third-order valence-corrected chi connectivity index (χ3v) is 2.54. The lowest BCUT2D eigenvalue weighted by molar-refractivity contribution is 0.0527. The summed E-state index contributed by atoms with van der Waals surface area (Å²) in [6, 6.07) is 0.340. The zero-order chi connectivity index (χ0) is 15.6. The number of nitrogens with two attached hydrogens (primary N) is 1. The number of carbonyl (C=O) groups excluding carboxylic acids is 1. The molecule has 0 heterocycles. The van der Waals surface area contributed by atoms with E-state index in [0.717, 1.165) is 19.3 Å². The second-order valence-corrected chi connectivity index (χ2v) is 5.86. The van der Waals surface area contributed by atoms with Crippen LogP contribution in [0, 0.1) is 0 Å².